The number of rotatable bonds is 3. The van der Waals surface area contributed by atoms with Crippen LogP contribution in [0, 0.1) is 20.8 Å². The van der Waals surface area contributed by atoms with Gasteiger partial charge < -0.3 is 10.5 Å². The van der Waals surface area contributed by atoms with Crippen LogP contribution in [0.3, 0.4) is 0 Å². The van der Waals surface area contributed by atoms with Gasteiger partial charge in [-0.1, -0.05) is 0 Å². The molecule has 1 aromatic carbocycles. The van der Waals surface area contributed by atoms with Crippen LogP contribution < -0.4 is 10.5 Å². The highest BCUT2D eigenvalue weighted by Crippen LogP contribution is 2.26. The van der Waals surface area contributed by atoms with Crippen LogP contribution in [0.1, 0.15) is 21.8 Å². The number of nitrogens with zero attached hydrogens (tertiary/aromatic N) is 1. The Hall–Kier alpha value is -1.55. The summed E-state index contributed by atoms with van der Waals surface area (Å²) in [5, 5.41) is 3.09. The molecule has 1 aromatic heterocycles. The van der Waals surface area contributed by atoms with E-state index in [1.165, 1.54) is 0 Å². The molecular formula is C13H16N2OS. The summed E-state index contributed by atoms with van der Waals surface area (Å²) < 4.78 is 5.81. The zero-order chi connectivity index (χ0) is 12.4. The molecule has 17 heavy (non-hydrogen) atoms. The van der Waals surface area contributed by atoms with Gasteiger partial charge in [-0.3, -0.25) is 0 Å². The minimum absolute atomic E-state index is 0.510. The van der Waals surface area contributed by atoms with Gasteiger partial charge in [0.25, 0.3) is 0 Å². The van der Waals surface area contributed by atoms with Gasteiger partial charge in [-0.25, -0.2) is 4.98 Å². The second-order valence-corrected chi connectivity index (χ2v) is 5.19. The van der Waals surface area contributed by atoms with Gasteiger partial charge in [0, 0.05) is 11.1 Å². The van der Waals surface area contributed by atoms with Gasteiger partial charge in [0.15, 0.2) is 0 Å². The summed E-state index contributed by atoms with van der Waals surface area (Å²) in [6.07, 6.45) is 0. The molecule has 0 amide bonds. The van der Waals surface area contributed by atoms with Crippen molar-refractivity contribution >= 4 is 17.0 Å². The van der Waals surface area contributed by atoms with Crippen molar-refractivity contribution in [3.8, 4) is 5.75 Å². The van der Waals surface area contributed by atoms with Gasteiger partial charge in [-0.15, -0.1) is 11.3 Å². The highest BCUT2D eigenvalue weighted by atomic mass is 32.1. The molecule has 0 bridgehead atoms. The number of benzene rings is 1. The fourth-order valence-corrected chi connectivity index (χ4v) is 2.43. The third kappa shape index (κ3) is 2.77. The lowest BCUT2D eigenvalue weighted by Gasteiger charge is -2.11. The quantitative estimate of drug-likeness (QED) is 0.848. The van der Waals surface area contributed by atoms with Crippen molar-refractivity contribution in [2.24, 2.45) is 0 Å². The van der Waals surface area contributed by atoms with E-state index in [9.17, 15) is 0 Å². The minimum atomic E-state index is 0.510. The predicted octanol–water partition coefficient (Wildman–Crippen LogP) is 3.23. The molecule has 4 heteroatoms. The molecule has 0 saturated carbocycles. The van der Waals surface area contributed by atoms with Crippen LogP contribution in [0.15, 0.2) is 17.5 Å². The van der Waals surface area contributed by atoms with Crippen molar-refractivity contribution in [2.45, 2.75) is 27.4 Å². The zero-order valence-electron chi connectivity index (χ0n) is 10.3. The molecule has 0 unspecified atom stereocenters. The molecule has 0 aliphatic rings. The zero-order valence-corrected chi connectivity index (χ0v) is 11.1. The number of aromatic nitrogens is 1. The van der Waals surface area contributed by atoms with Gasteiger partial charge in [-0.2, -0.15) is 0 Å². The summed E-state index contributed by atoms with van der Waals surface area (Å²) in [5.74, 6) is 0.907. The number of nitrogens with two attached hydrogens (primary N) is 1. The first-order chi connectivity index (χ1) is 8.06. The molecule has 90 valence electrons. The summed E-state index contributed by atoms with van der Waals surface area (Å²) in [4.78, 5) is 4.37. The van der Waals surface area contributed by atoms with E-state index in [1.807, 2.05) is 38.3 Å². The lowest BCUT2D eigenvalue weighted by atomic mass is 10.1. The first kappa shape index (κ1) is 11.9. The number of anilines is 1. The van der Waals surface area contributed by atoms with Gasteiger partial charge in [0.2, 0.25) is 0 Å². The number of hydrogen-bond acceptors (Lipinski definition) is 4. The Morgan fingerprint density at radius 2 is 1.88 bits per heavy atom. The second-order valence-electron chi connectivity index (χ2n) is 4.13. The van der Waals surface area contributed by atoms with Crippen LogP contribution in [0.2, 0.25) is 0 Å². The molecule has 2 rings (SSSR count). The Bertz CT molecular complexity index is 511. The van der Waals surface area contributed by atoms with Crippen molar-refractivity contribution < 1.29 is 4.74 Å². The number of nitrogen functional groups attached to an aromatic ring is 1. The largest absolute Gasteiger partial charge is 0.487 e. The molecule has 0 spiro atoms. The van der Waals surface area contributed by atoms with E-state index in [0.717, 1.165) is 33.3 Å². The molecule has 0 aliphatic carbocycles. The molecule has 0 atom stereocenters. The van der Waals surface area contributed by atoms with Gasteiger partial charge in [0.05, 0.1) is 10.7 Å². The van der Waals surface area contributed by atoms with Crippen LogP contribution in [-0.2, 0) is 6.61 Å². The van der Waals surface area contributed by atoms with Gasteiger partial charge >= 0.3 is 0 Å². The van der Waals surface area contributed by atoms with E-state index in [4.69, 9.17) is 10.5 Å². The van der Waals surface area contributed by atoms with E-state index in [0.29, 0.717) is 6.61 Å². The molecule has 0 aliphatic heterocycles. The number of hydrogen-bond donors (Lipinski definition) is 1. The average Bonchev–Trinajstić information content (AvgIpc) is 2.62. The van der Waals surface area contributed by atoms with E-state index in [-0.39, 0.29) is 0 Å². The van der Waals surface area contributed by atoms with Crippen molar-refractivity contribution in [3.63, 3.8) is 0 Å². The standard InChI is InChI=1S/C13H16N2OS/c1-8-4-11(14)5-9(2)13(8)16-6-12-7-17-10(3)15-12/h4-5,7H,6,14H2,1-3H3. The fourth-order valence-electron chi connectivity index (χ4n) is 1.83. The smallest absolute Gasteiger partial charge is 0.131 e. The molecule has 0 fully saturated rings. The highest BCUT2D eigenvalue weighted by molar-refractivity contribution is 7.09. The average molecular weight is 248 g/mol. The third-order valence-electron chi connectivity index (χ3n) is 2.51. The Morgan fingerprint density at radius 1 is 1.24 bits per heavy atom. The van der Waals surface area contributed by atoms with Gasteiger partial charge in [0.1, 0.15) is 12.4 Å². The second kappa shape index (κ2) is 4.75. The number of aryl methyl sites for hydroxylation is 3. The summed E-state index contributed by atoms with van der Waals surface area (Å²) in [6, 6.07) is 3.85. The molecule has 1 heterocycles. The lowest BCUT2D eigenvalue weighted by Crippen LogP contribution is -2.00. The lowest BCUT2D eigenvalue weighted by molar-refractivity contribution is 0.298. The number of thiazole rings is 1. The summed E-state index contributed by atoms with van der Waals surface area (Å²) >= 11 is 1.64. The van der Waals surface area contributed by atoms with Crippen LogP contribution in [0.4, 0.5) is 5.69 Å². The predicted molar refractivity (Wildman–Crippen MR) is 71.5 cm³/mol. The summed E-state index contributed by atoms with van der Waals surface area (Å²) in [5.41, 5.74) is 9.65. The SMILES string of the molecule is Cc1nc(COc2c(C)cc(N)cc2C)cs1. The molecule has 0 radical (unpaired) electrons. The van der Waals surface area contributed by atoms with Crippen LogP contribution in [-0.4, -0.2) is 4.98 Å². The molecular weight excluding hydrogens is 232 g/mol. The molecule has 0 saturated heterocycles. The Kier molecular flexibility index (Phi) is 3.33. The van der Waals surface area contributed by atoms with E-state index in [2.05, 4.69) is 4.98 Å². The van der Waals surface area contributed by atoms with Crippen molar-refractivity contribution in [1.29, 1.82) is 0 Å². The highest BCUT2D eigenvalue weighted by Gasteiger charge is 2.06. The minimum Gasteiger partial charge on any atom is -0.487 e. The Labute approximate surface area is 105 Å². The maximum absolute atomic E-state index is 5.81. The van der Waals surface area contributed by atoms with Crippen molar-refractivity contribution in [1.82, 2.24) is 4.98 Å². The van der Waals surface area contributed by atoms with Gasteiger partial charge in [-0.05, 0) is 44.0 Å². The summed E-state index contributed by atoms with van der Waals surface area (Å²) in [7, 11) is 0. The maximum Gasteiger partial charge on any atom is 0.131 e. The molecule has 2 aromatic rings. The van der Waals surface area contributed by atoms with E-state index in [1.54, 1.807) is 11.3 Å². The van der Waals surface area contributed by atoms with E-state index >= 15 is 0 Å². The molecule has 2 N–H and O–H groups in total. The normalized spacial score (nSPS) is 10.5. The molecule has 3 nitrogen and oxygen atoms in total. The summed E-state index contributed by atoms with van der Waals surface area (Å²) in [6.45, 7) is 6.51. The van der Waals surface area contributed by atoms with Crippen molar-refractivity contribution in [2.75, 3.05) is 5.73 Å². The first-order valence-electron chi connectivity index (χ1n) is 5.47. The Balaban J connectivity index is 2.14. The van der Waals surface area contributed by atoms with Crippen LogP contribution >= 0.6 is 11.3 Å². The van der Waals surface area contributed by atoms with Crippen molar-refractivity contribution in [3.05, 3.63) is 39.3 Å². The van der Waals surface area contributed by atoms with E-state index < -0.39 is 0 Å². The third-order valence-corrected chi connectivity index (χ3v) is 3.34. The maximum atomic E-state index is 5.81. The van der Waals surface area contributed by atoms with Crippen LogP contribution in [0.25, 0.3) is 0 Å². The number of ether oxygens (including phenoxy) is 1. The topological polar surface area (TPSA) is 48.1 Å². The van der Waals surface area contributed by atoms with Crippen LogP contribution in [0.5, 0.6) is 5.75 Å². The fraction of sp³-hybridized carbons (Fsp3) is 0.308. The first-order valence-corrected chi connectivity index (χ1v) is 6.35. The monoisotopic (exact) mass is 248 g/mol. The Morgan fingerprint density at radius 3 is 2.41 bits per heavy atom.